The Labute approximate surface area is 159 Å². The van der Waals surface area contributed by atoms with Crippen molar-refractivity contribution in [1.82, 2.24) is 15.1 Å². The summed E-state index contributed by atoms with van der Waals surface area (Å²) in [7, 11) is 1.34. The lowest BCUT2D eigenvalue weighted by Crippen LogP contribution is -2.28. The highest BCUT2D eigenvalue weighted by Gasteiger charge is 2.12. The van der Waals surface area contributed by atoms with Gasteiger partial charge >= 0.3 is 12.6 Å². The number of para-hydroxylation sites is 1. The van der Waals surface area contributed by atoms with Gasteiger partial charge in [-0.25, -0.2) is 9.48 Å². The Bertz CT molecular complexity index is 932. The number of carbonyl (C=O) groups is 1. The van der Waals surface area contributed by atoms with Crippen LogP contribution in [0.15, 0.2) is 60.9 Å². The van der Waals surface area contributed by atoms with Gasteiger partial charge in [-0.2, -0.15) is 13.9 Å². The molecule has 0 saturated heterocycles. The summed E-state index contributed by atoms with van der Waals surface area (Å²) < 4.78 is 36.0. The molecule has 146 valence electrons. The number of ether oxygens (including phenoxy) is 2. The molecule has 0 spiro atoms. The molecule has 7 nitrogen and oxygen atoms in total. The molecule has 0 atom stereocenters. The second-order valence-electron chi connectivity index (χ2n) is 5.68. The van der Waals surface area contributed by atoms with Crippen LogP contribution in [0.25, 0.3) is 5.69 Å². The van der Waals surface area contributed by atoms with E-state index in [9.17, 15) is 13.6 Å². The Morgan fingerprint density at radius 3 is 2.68 bits per heavy atom. The van der Waals surface area contributed by atoms with Gasteiger partial charge in [0, 0.05) is 30.1 Å². The first kappa shape index (κ1) is 19.2. The Hall–Kier alpha value is -3.62. The molecule has 3 aromatic rings. The molecule has 0 bridgehead atoms. The van der Waals surface area contributed by atoms with Crippen molar-refractivity contribution >= 4 is 11.7 Å². The van der Waals surface area contributed by atoms with E-state index >= 15 is 0 Å². The van der Waals surface area contributed by atoms with E-state index in [4.69, 9.17) is 4.74 Å². The summed E-state index contributed by atoms with van der Waals surface area (Å²) in [5.41, 5.74) is 1.99. The highest BCUT2D eigenvalue weighted by molar-refractivity contribution is 5.89. The molecule has 9 heteroatoms. The molecule has 0 aliphatic heterocycles. The maximum Gasteiger partial charge on any atom is 0.387 e. The third-order valence-electron chi connectivity index (χ3n) is 3.75. The molecule has 0 radical (unpaired) electrons. The van der Waals surface area contributed by atoms with Gasteiger partial charge in [0.1, 0.15) is 0 Å². The third kappa shape index (κ3) is 4.97. The number of carbonyl (C=O) groups excluding carboxylic acids is 1. The second kappa shape index (κ2) is 8.85. The fourth-order valence-corrected chi connectivity index (χ4v) is 2.47. The number of benzene rings is 2. The smallest absolute Gasteiger partial charge is 0.387 e. The number of anilines is 1. The number of hydrogen-bond donors (Lipinski definition) is 2. The first-order valence-corrected chi connectivity index (χ1v) is 8.32. The molecule has 28 heavy (non-hydrogen) atoms. The number of nitrogens with one attached hydrogen (secondary N) is 2. The van der Waals surface area contributed by atoms with Crippen molar-refractivity contribution in [3.63, 3.8) is 0 Å². The topological polar surface area (TPSA) is 77.4 Å². The quantitative estimate of drug-likeness (QED) is 0.645. The van der Waals surface area contributed by atoms with Gasteiger partial charge in [0.05, 0.1) is 19.0 Å². The van der Waals surface area contributed by atoms with Crippen LogP contribution in [0.2, 0.25) is 0 Å². The number of nitrogens with zero attached hydrogens (tertiary/aromatic N) is 2. The van der Waals surface area contributed by atoms with Gasteiger partial charge < -0.3 is 20.1 Å². The van der Waals surface area contributed by atoms with Crippen LogP contribution < -0.4 is 20.1 Å². The normalized spacial score (nSPS) is 10.6. The van der Waals surface area contributed by atoms with Gasteiger partial charge in [0.15, 0.2) is 11.5 Å². The Morgan fingerprint density at radius 1 is 1.18 bits per heavy atom. The Morgan fingerprint density at radius 2 is 1.96 bits per heavy atom. The third-order valence-corrected chi connectivity index (χ3v) is 3.75. The lowest BCUT2D eigenvalue weighted by molar-refractivity contribution is -0.0511. The molecular weight excluding hydrogens is 370 g/mol. The van der Waals surface area contributed by atoms with Crippen molar-refractivity contribution in [2.24, 2.45) is 0 Å². The molecule has 2 N–H and O–H groups in total. The predicted octanol–water partition coefficient (Wildman–Crippen LogP) is 3.80. The van der Waals surface area contributed by atoms with E-state index in [-0.39, 0.29) is 23.7 Å². The van der Waals surface area contributed by atoms with Gasteiger partial charge in [0.25, 0.3) is 0 Å². The molecule has 3 rings (SSSR count). The Kier molecular flexibility index (Phi) is 6.05. The largest absolute Gasteiger partial charge is 0.493 e. The summed E-state index contributed by atoms with van der Waals surface area (Å²) in [4.78, 5) is 12.1. The molecule has 0 saturated carbocycles. The van der Waals surface area contributed by atoms with Crippen molar-refractivity contribution in [1.29, 1.82) is 0 Å². The number of aromatic nitrogens is 2. The number of hydrogen-bond acceptors (Lipinski definition) is 4. The van der Waals surface area contributed by atoms with Crippen LogP contribution >= 0.6 is 0 Å². The minimum Gasteiger partial charge on any atom is -0.493 e. The van der Waals surface area contributed by atoms with E-state index in [1.165, 1.54) is 25.3 Å². The molecule has 1 heterocycles. The first-order chi connectivity index (χ1) is 13.5. The maximum absolute atomic E-state index is 12.5. The minimum atomic E-state index is -3.00. The zero-order chi connectivity index (χ0) is 19.9. The Balaban J connectivity index is 1.58. The molecule has 2 aromatic carbocycles. The van der Waals surface area contributed by atoms with Gasteiger partial charge in [-0.3, -0.25) is 0 Å². The number of halogens is 2. The van der Waals surface area contributed by atoms with Crippen LogP contribution in [-0.2, 0) is 6.54 Å². The number of rotatable bonds is 7. The minimum absolute atomic E-state index is 0.139. The number of urea groups is 1. The fourth-order valence-electron chi connectivity index (χ4n) is 2.47. The number of alkyl halides is 2. The molecular formula is C19H18F2N4O3. The van der Waals surface area contributed by atoms with Crippen LogP contribution in [0.3, 0.4) is 0 Å². The summed E-state index contributed by atoms with van der Waals surface area (Å²) in [5.74, 6) is -0.0287. The summed E-state index contributed by atoms with van der Waals surface area (Å²) in [6.07, 6.45) is 3.45. The predicted molar refractivity (Wildman–Crippen MR) is 99.0 cm³/mol. The van der Waals surface area contributed by atoms with Crippen molar-refractivity contribution in [2.75, 3.05) is 12.4 Å². The highest BCUT2D eigenvalue weighted by Crippen LogP contribution is 2.31. The molecule has 0 aliphatic rings. The van der Waals surface area contributed by atoms with Crippen molar-refractivity contribution < 1.29 is 23.0 Å². The van der Waals surface area contributed by atoms with E-state index in [1.807, 2.05) is 30.3 Å². The van der Waals surface area contributed by atoms with Crippen molar-refractivity contribution in [3.05, 3.63) is 66.5 Å². The molecule has 0 fully saturated rings. The van der Waals surface area contributed by atoms with Crippen LogP contribution in [0, 0.1) is 0 Å². The maximum atomic E-state index is 12.5. The zero-order valence-electron chi connectivity index (χ0n) is 14.9. The average molecular weight is 388 g/mol. The van der Waals surface area contributed by atoms with E-state index in [1.54, 1.807) is 17.1 Å². The number of amides is 2. The van der Waals surface area contributed by atoms with Crippen LogP contribution in [0.4, 0.5) is 19.3 Å². The molecule has 0 unspecified atom stereocenters. The van der Waals surface area contributed by atoms with Gasteiger partial charge in [0.2, 0.25) is 0 Å². The van der Waals surface area contributed by atoms with Crippen molar-refractivity contribution in [3.8, 4) is 17.2 Å². The monoisotopic (exact) mass is 388 g/mol. The standard InChI is InChI=1S/C19H18F2N4O3/c1-27-16-8-7-14(9-17(16)28-18(20)21)24-19(26)22-10-13-11-23-25(12-13)15-5-3-2-4-6-15/h2-9,11-12,18H,10H2,1H3,(H2,22,24,26). The van der Waals surface area contributed by atoms with E-state index in [2.05, 4.69) is 20.5 Å². The zero-order valence-corrected chi connectivity index (χ0v) is 14.9. The lowest BCUT2D eigenvalue weighted by Gasteiger charge is -2.12. The van der Waals surface area contributed by atoms with Crippen LogP contribution in [-0.4, -0.2) is 29.5 Å². The fraction of sp³-hybridized carbons (Fsp3) is 0.158. The highest BCUT2D eigenvalue weighted by atomic mass is 19.3. The second-order valence-corrected chi connectivity index (χ2v) is 5.68. The average Bonchev–Trinajstić information content (AvgIpc) is 3.16. The first-order valence-electron chi connectivity index (χ1n) is 8.32. The lowest BCUT2D eigenvalue weighted by atomic mass is 10.2. The van der Waals surface area contributed by atoms with Crippen LogP contribution in [0.1, 0.15) is 5.56 Å². The van der Waals surface area contributed by atoms with E-state index < -0.39 is 12.6 Å². The van der Waals surface area contributed by atoms with Gasteiger partial charge in [-0.1, -0.05) is 18.2 Å². The SMILES string of the molecule is COc1ccc(NC(=O)NCc2cnn(-c3ccccc3)c2)cc1OC(F)F. The summed E-state index contributed by atoms with van der Waals surface area (Å²) in [6.45, 7) is -2.76. The van der Waals surface area contributed by atoms with Crippen LogP contribution in [0.5, 0.6) is 11.5 Å². The summed E-state index contributed by atoms with van der Waals surface area (Å²) >= 11 is 0. The molecule has 0 aliphatic carbocycles. The molecule has 1 aromatic heterocycles. The molecule has 2 amide bonds. The van der Waals surface area contributed by atoms with Gasteiger partial charge in [-0.05, 0) is 24.3 Å². The van der Waals surface area contributed by atoms with E-state index in [0.29, 0.717) is 0 Å². The summed E-state index contributed by atoms with van der Waals surface area (Å²) in [6, 6.07) is 13.3. The van der Waals surface area contributed by atoms with E-state index in [0.717, 1.165) is 11.3 Å². The summed E-state index contributed by atoms with van der Waals surface area (Å²) in [5, 5.41) is 9.49. The van der Waals surface area contributed by atoms with Crippen molar-refractivity contribution in [2.45, 2.75) is 13.2 Å². The number of methoxy groups -OCH3 is 1. The van der Waals surface area contributed by atoms with Gasteiger partial charge in [-0.15, -0.1) is 0 Å².